The van der Waals surface area contributed by atoms with Gasteiger partial charge in [0.2, 0.25) is 21.8 Å². The standard InChI is InChI=1S/C20H25ClN4O5S.C2H2O4/c1-24(2)31(28,29)16-8-9-17(21)18(11-16)23-20(27)13-25(3)12-19(26)22-14-6-5-7-15(10-14)30-4;3-1(4)2(5)6/h5-11H,12-13H2,1-4H3,(H,22,26)(H,23,27);(H,3,4)(H,5,6). The molecular formula is C22H27ClN4O9S. The Labute approximate surface area is 218 Å². The fourth-order valence-corrected chi connectivity index (χ4v) is 3.70. The zero-order chi connectivity index (χ0) is 28.3. The van der Waals surface area contributed by atoms with E-state index in [9.17, 15) is 18.0 Å². The molecule has 0 aliphatic rings. The molecule has 2 amide bonds. The lowest BCUT2D eigenvalue weighted by molar-refractivity contribution is -0.159. The first kappa shape index (κ1) is 31.3. The van der Waals surface area contributed by atoms with Crippen LogP contribution in [-0.4, -0.2) is 92.9 Å². The average Bonchev–Trinajstić information content (AvgIpc) is 2.80. The number of carbonyl (C=O) groups excluding carboxylic acids is 2. The summed E-state index contributed by atoms with van der Waals surface area (Å²) >= 11 is 6.09. The first-order chi connectivity index (χ1) is 17.2. The van der Waals surface area contributed by atoms with Crippen LogP contribution in [0.1, 0.15) is 0 Å². The normalized spacial score (nSPS) is 10.8. The van der Waals surface area contributed by atoms with Crippen molar-refractivity contribution >= 4 is 56.8 Å². The maximum absolute atomic E-state index is 12.4. The predicted molar refractivity (Wildman–Crippen MR) is 135 cm³/mol. The monoisotopic (exact) mass is 558 g/mol. The number of nitrogens with zero attached hydrogens (tertiary/aromatic N) is 2. The second kappa shape index (κ2) is 14.1. The number of rotatable bonds is 9. The first-order valence-electron chi connectivity index (χ1n) is 10.3. The van der Waals surface area contributed by atoms with Gasteiger partial charge in [-0.1, -0.05) is 17.7 Å². The maximum atomic E-state index is 12.4. The molecule has 37 heavy (non-hydrogen) atoms. The number of hydrogen-bond donors (Lipinski definition) is 4. The Morgan fingerprint density at radius 3 is 2.00 bits per heavy atom. The van der Waals surface area contributed by atoms with E-state index >= 15 is 0 Å². The largest absolute Gasteiger partial charge is 0.497 e. The lowest BCUT2D eigenvalue weighted by Crippen LogP contribution is -2.36. The second-order valence-electron chi connectivity index (χ2n) is 7.54. The Bertz CT molecular complexity index is 1240. The molecule has 0 radical (unpaired) electrons. The summed E-state index contributed by atoms with van der Waals surface area (Å²) in [5.74, 6) is -3.79. The van der Waals surface area contributed by atoms with Crippen LogP contribution in [0.5, 0.6) is 5.75 Å². The number of nitrogens with one attached hydrogen (secondary N) is 2. The van der Waals surface area contributed by atoms with Crippen LogP contribution < -0.4 is 15.4 Å². The van der Waals surface area contributed by atoms with Gasteiger partial charge in [0.15, 0.2) is 0 Å². The quantitative estimate of drug-likeness (QED) is 0.327. The molecule has 0 aromatic heterocycles. The van der Waals surface area contributed by atoms with Gasteiger partial charge in [0, 0.05) is 25.8 Å². The predicted octanol–water partition coefficient (Wildman–Crippen LogP) is 1.26. The van der Waals surface area contributed by atoms with E-state index in [1.807, 2.05) is 0 Å². The SMILES string of the molecule is COc1cccc(NC(=O)CN(C)CC(=O)Nc2cc(S(=O)(=O)N(C)C)ccc2Cl)c1.O=C(O)C(=O)O. The summed E-state index contributed by atoms with van der Waals surface area (Å²) in [5.41, 5.74) is 0.747. The minimum atomic E-state index is -3.67. The first-order valence-corrected chi connectivity index (χ1v) is 12.1. The molecule has 202 valence electrons. The summed E-state index contributed by atoms with van der Waals surface area (Å²) < 4.78 is 30.7. The van der Waals surface area contributed by atoms with Gasteiger partial charge >= 0.3 is 11.9 Å². The van der Waals surface area contributed by atoms with Crippen LogP contribution in [0.25, 0.3) is 0 Å². The number of halogens is 1. The van der Waals surface area contributed by atoms with Crippen molar-refractivity contribution in [3.63, 3.8) is 0 Å². The summed E-state index contributed by atoms with van der Waals surface area (Å²) in [6.07, 6.45) is 0. The molecule has 4 N–H and O–H groups in total. The third kappa shape index (κ3) is 10.4. The molecule has 2 rings (SSSR count). The van der Waals surface area contributed by atoms with E-state index in [1.54, 1.807) is 31.3 Å². The Morgan fingerprint density at radius 1 is 0.919 bits per heavy atom. The van der Waals surface area contributed by atoms with Crippen molar-refractivity contribution in [2.75, 3.05) is 52.0 Å². The summed E-state index contributed by atoms with van der Waals surface area (Å²) in [6, 6.07) is 11.0. The van der Waals surface area contributed by atoms with E-state index in [4.69, 9.17) is 36.1 Å². The molecule has 0 unspecified atom stereocenters. The molecule has 0 saturated carbocycles. The number of carbonyl (C=O) groups is 4. The van der Waals surface area contributed by atoms with Crippen LogP contribution in [0.15, 0.2) is 47.4 Å². The van der Waals surface area contributed by atoms with Gasteiger partial charge in [-0.05, 0) is 37.4 Å². The van der Waals surface area contributed by atoms with Gasteiger partial charge in [0.1, 0.15) is 5.75 Å². The van der Waals surface area contributed by atoms with E-state index in [0.29, 0.717) is 11.4 Å². The zero-order valence-corrected chi connectivity index (χ0v) is 22.0. The fourth-order valence-electron chi connectivity index (χ4n) is 2.61. The van der Waals surface area contributed by atoms with Crippen molar-refractivity contribution in [2.45, 2.75) is 4.90 Å². The number of anilines is 2. The molecule has 0 heterocycles. The maximum Gasteiger partial charge on any atom is 0.414 e. The zero-order valence-electron chi connectivity index (χ0n) is 20.4. The van der Waals surface area contributed by atoms with Crippen LogP contribution in [0.3, 0.4) is 0 Å². The molecule has 0 aliphatic carbocycles. The van der Waals surface area contributed by atoms with Crippen molar-refractivity contribution in [1.29, 1.82) is 0 Å². The number of carboxylic acid groups (broad SMARTS) is 2. The van der Waals surface area contributed by atoms with Crippen molar-refractivity contribution < 1.29 is 42.5 Å². The van der Waals surface area contributed by atoms with Crippen molar-refractivity contribution in [3.8, 4) is 5.75 Å². The molecule has 0 saturated heterocycles. The molecule has 0 bridgehead atoms. The van der Waals surface area contributed by atoms with Crippen LogP contribution >= 0.6 is 11.6 Å². The molecule has 0 aliphatic heterocycles. The molecule has 2 aromatic rings. The highest BCUT2D eigenvalue weighted by atomic mass is 35.5. The van der Waals surface area contributed by atoms with Gasteiger partial charge in [-0.25, -0.2) is 22.3 Å². The smallest absolute Gasteiger partial charge is 0.414 e. The van der Waals surface area contributed by atoms with Crippen molar-refractivity contribution in [3.05, 3.63) is 47.5 Å². The lowest BCUT2D eigenvalue weighted by Gasteiger charge is -2.17. The van der Waals surface area contributed by atoms with E-state index in [1.165, 1.54) is 44.3 Å². The van der Waals surface area contributed by atoms with Crippen molar-refractivity contribution in [2.24, 2.45) is 0 Å². The number of methoxy groups -OCH3 is 1. The fraction of sp³-hybridized carbons (Fsp3) is 0.273. The van der Waals surface area contributed by atoms with Crippen molar-refractivity contribution in [1.82, 2.24) is 9.21 Å². The number of aliphatic carboxylic acids is 2. The van der Waals surface area contributed by atoms with Crippen LogP contribution in [-0.2, 0) is 29.2 Å². The van der Waals surface area contributed by atoms with E-state index < -0.39 is 27.9 Å². The summed E-state index contributed by atoms with van der Waals surface area (Å²) in [4.78, 5) is 44.3. The summed E-state index contributed by atoms with van der Waals surface area (Å²) in [6.45, 7) is -0.139. The summed E-state index contributed by atoms with van der Waals surface area (Å²) in [7, 11) is 2.29. The highest BCUT2D eigenvalue weighted by Gasteiger charge is 2.19. The summed E-state index contributed by atoms with van der Waals surface area (Å²) in [5, 5.41) is 20.3. The highest BCUT2D eigenvalue weighted by molar-refractivity contribution is 7.89. The number of benzene rings is 2. The van der Waals surface area contributed by atoms with Crippen LogP contribution in [0, 0.1) is 0 Å². The van der Waals surface area contributed by atoms with E-state index in [0.717, 1.165) is 4.31 Å². The molecule has 13 nitrogen and oxygen atoms in total. The van der Waals surface area contributed by atoms with Gasteiger partial charge in [-0.15, -0.1) is 0 Å². The Balaban J connectivity index is 0.00000102. The second-order valence-corrected chi connectivity index (χ2v) is 10.1. The minimum Gasteiger partial charge on any atom is -0.497 e. The Hall–Kier alpha value is -3.72. The number of amides is 2. The minimum absolute atomic E-state index is 0.00298. The highest BCUT2D eigenvalue weighted by Crippen LogP contribution is 2.26. The topological polar surface area (TPSA) is 183 Å². The molecule has 0 fully saturated rings. The van der Waals surface area contributed by atoms with Gasteiger partial charge in [0.25, 0.3) is 0 Å². The molecule has 0 spiro atoms. The average molecular weight is 559 g/mol. The third-order valence-electron chi connectivity index (χ3n) is 4.35. The van der Waals surface area contributed by atoms with Crippen LogP contribution in [0.4, 0.5) is 11.4 Å². The van der Waals surface area contributed by atoms with Gasteiger partial charge in [-0.3, -0.25) is 14.5 Å². The Morgan fingerprint density at radius 2 is 1.49 bits per heavy atom. The molecule has 15 heteroatoms. The molecular weight excluding hydrogens is 532 g/mol. The lowest BCUT2D eigenvalue weighted by atomic mass is 10.3. The molecule has 2 aromatic carbocycles. The number of hydrogen-bond acceptors (Lipinski definition) is 8. The van der Waals surface area contributed by atoms with Crippen LogP contribution in [0.2, 0.25) is 5.02 Å². The number of sulfonamides is 1. The number of ether oxygens (including phenoxy) is 1. The third-order valence-corrected chi connectivity index (χ3v) is 6.49. The number of carboxylic acids is 2. The Kier molecular flexibility index (Phi) is 12.0. The van der Waals surface area contributed by atoms with Gasteiger partial charge < -0.3 is 25.6 Å². The van der Waals surface area contributed by atoms with E-state index in [-0.39, 0.29) is 34.6 Å². The van der Waals surface area contributed by atoms with Gasteiger partial charge in [-0.2, -0.15) is 0 Å². The number of likely N-dealkylation sites (N-methyl/N-ethyl adjacent to an activating group) is 1. The van der Waals surface area contributed by atoms with E-state index in [2.05, 4.69) is 10.6 Å². The van der Waals surface area contributed by atoms with Gasteiger partial charge in [0.05, 0.1) is 35.8 Å². The molecule has 0 atom stereocenters.